The highest BCUT2D eigenvalue weighted by molar-refractivity contribution is 7.13. The number of esters is 1. The lowest BCUT2D eigenvalue weighted by Crippen LogP contribution is -2.32. The summed E-state index contributed by atoms with van der Waals surface area (Å²) >= 11 is 1.49. The van der Waals surface area contributed by atoms with E-state index in [1.54, 1.807) is 0 Å². The van der Waals surface area contributed by atoms with Crippen LogP contribution in [0.25, 0.3) is 0 Å². The van der Waals surface area contributed by atoms with Crippen molar-refractivity contribution in [1.82, 2.24) is 0 Å². The number of amides is 1. The van der Waals surface area contributed by atoms with Gasteiger partial charge in [-0.2, -0.15) is 0 Å². The van der Waals surface area contributed by atoms with Gasteiger partial charge in [-0.1, -0.05) is 31.4 Å². The van der Waals surface area contributed by atoms with Crippen LogP contribution in [-0.2, 0) is 22.4 Å². The van der Waals surface area contributed by atoms with Crippen LogP contribution in [-0.4, -0.2) is 36.7 Å². The number of thiophene rings is 1. The van der Waals surface area contributed by atoms with Crippen molar-refractivity contribution in [3.63, 3.8) is 0 Å². The van der Waals surface area contributed by atoms with Gasteiger partial charge in [-0.15, -0.1) is 11.3 Å². The molecule has 32 heavy (non-hydrogen) atoms. The first kappa shape index (κ1) is 24.5. The minimum atomic E-state index is -0.279. The topological polar surface area (TPSA) is 66.8 Å². The minimum absolute atomic E-state index is 0.218. The number of carbonyl (C=O) groups is 2. The highest BCUT2D eigenvalue weighted by atomic mass is 32.1. The fraction of sp³-hybridized carbons (Fsp3) is 0.538. The van der Waals surface area contributed by atoms with Gasteiger partial charge in [-0.25, -0.2) is 4.79 Å². The van der Waals surface area contributed by atoms with Crippen molar-refractivity contribution in [3.8, 4) is 0 Å². The third-order valence-corrected chi connectivity index (χ3v) is 7.30. The quantitative estimate of drug-likeness (QED) is 0.317. The van der Waals surface area contributed by atoms with Gasteiger partial charge in [0, 0.05) is 29.6 Å². The maximum absolute atomic E-state index is 12.6. The smallest absolute Gasteiger partial charge is 0.348 e. The Labute approximate surface area is 195 Å². The van der Waals surface area contributed by atoms with Crippen molar-refractivity contribution in [3.05, 3.63) is 51.7 Å². The van der Waals surface area contributed by atoms with Crippen molar-refractivity contribution >= 4 is 28.9 Å². The monoisotopic (exact) mass is 457 g/mol. The number of aliphatic hydroxyl groups is 1. The lowest BCUT2D eigenvalue weighted by atomic mass is 10.0. The zero-order valence-corrected chi connectivity index (χ0v) is 19.9. The zero-order chi connectivity index (χ0) is 22.8. The van der Waals surface area contributed by atoms with Crippen LogP contribution in [0, 0.1) is 0 Å². The largest absolute Gasteiger partial charge is 0.465 e. The summed E-state index contributed by atoms with van der Waals surface area (Å²) in [5.41, 5.74) is 2.33. The van der Waals surface area contributed by atoms with Gasteiger partial charge < -0.3 is 14.7 Å². The van der Waals surface area contributed by atoms with Gasteiger partial charge >= 0.3 is 5.97 Å². The predicted molar refractivity (Wildman–Crippen MR) is 129 cm³/mol. The number of ether oxygens (including phenoxy) is 1. The van der Waals surface area contributed by atoms with Crippen molar-refractivity contribution in [2.24, 2.45) is 0 Å². The molecule has 174 valence electrons. The Bertz CT molecular complexity index is 861. The first-order valence-corrected chi connectivity index (χ1v) is 12.6. The fourth-order valence-corrected chi connectivity index (χ4v) is 5.37. The van der Waals surface area contributed by atoms with E-state index < -0.39 is 0 Å². The molecule has 0 aliphatic carbocycles. The maximum atomic E-state index is 12.6. The number of aliphatic hydroxyl groups excluding tert-OH is 1. The van der Waals surface area contributed by atoms with Crippen molar-refractivity contribution in [2.45, 2.75) is 76.7 Å². The van der Waals surface area contributed by atoms with Crippen molar-refractivity contribution in [1.29, 1.82) is 0 Å². The van der Waals surface area contributed by atoms with E-state index in [0.29, 0.717) is 17.9 Å². The molecule has 0 unspecified atom stereocenters. The maximum Gasteiger partial charge on any atom is 0.348 e. The standard InChI is InChI=1S/C26H35NO4S/c1-31-26(30)24-17-16-23(32-24)10-7-9-21-15-18-25(29)27(21)22-13-11-20(12-14-22)8-5-3-2-4-6-19-28/h11-14,16-17,21,28H,2-10,15,18-19H2,1H3/t21-/m1/s1. The number of hydrogen-bond donors (Lipinski definition) is 1. The van der Waals surface area contributed by atoms with Crippen LogP contribution < -0.4 is 4.90 Å². The third-order valence-electron chi connectivity index (χ3n) is 6.17. The summed E-state index contributed by atoms with van der Waals surface area (Å²) in [6, 6.07) is 12.6. The Morgan fingerprint density at radius 2 is 1.78 bits per heavy atom. The second-order valence-corrected chi connectivity index (χ2v) is 9.68. The Balaban J connectivity index is 1.47. The average molecular weight is 458 g/mol. The number of unbranched alkanes of at least 4 members (excludes halogenated alkanes) is 4. The molecule has 0 spiro atoms. The number of anilines is 1. The summed E-state index contributed by atoms with van der Waals surface area (Å²) in [7, 11) is 1.40. The SMILES string of the molecule is COC(=O)c1ccc(CCC[C@@H]2CCC(=O)N2c2ccc(CCCCCCCO)cc2)s1. The molecule has 1 N–H and O–H groups in total. The molecule has 1 atom stereocenters. The second kappa shape index (κ2) is 12.8. The molecule has 1 amide bonds. The van der Waals surface area contributed by atoms with Gasteiger partial charge in [0.1, 0.15) is 4.88 Å². The molecule has 1 fully saturated rings. The molecule has 1 aromatic carbocycles. The highest BCUT2D eigenvalue weighted by Gasteiger charge is 2.31. The Hall–Kier alpha value is -2.18. The molecular weight excluding hydrogens is 422 g/mol. The molecule has 5 nitrogen and oxygen atoms in total. The van der Waals surface area contributed by atoms with Crippen LogP contribution in [0.15, 0.2) is 36.4 Å². The number of methoxy groups -OCH3 is 1. The van der Waals surface area contributed by atoms with E-state index in [1.165, 1.54) is 41.7 Å². The van der Waals surface area contributed by atoms with Crippen LogP contribution >= 0.6 is 11.3 Å². The van der Waals surface area contributed by atoms with Gasteiger partial charge in [0.2, 0.25) is 5.91 Å². The summed E-state index contributed by atoms with van der Waals surface area (Å²) in [6.45, 7) is 0.294. The molecule has 1 aliphatic rings. The van der Waals surface area contributed by atoms with Crippen LogP contribution in [0.4, 0.5) is 5.69 Å². The summed E-state index contributed by atoms with van der Waals surface area (Å²) < 4.78 is 4.78. The molecule has 3 rings (SSSR count). The van der Waals surface area contributed by atoms with E-state index in [9.17, 15) is 9.59 Å². The van der Waals surface area contributed by atoms with Gasteiger partial charge in [0.15, 0.2) is 0 Å². The van der Waals surface area contributed by atoms with Crippen LogP contribution in [0.5, 0.6) is 0 Å². The highest BCUT2D eigenvalue weighted by Crippen LogP contribution is 2.30. The van der Waals surface area contributed by atoms with Gasteiger partial charge in [-0.05, 0) is 74.8 Å². The molecule has 1 aromatic heterocycles. The van der Waals surface area contributed by atoms with Crippen LogP contribution in [0.1, 0.15) is 77.9 Å². The van der Waals surface area contributed by atoms with E-state index in [-0.39, 0.29) is 17.9 Å². The summed E-state index contributed by atoms with van der Waals surface area (Å²) in [4.78, 5) is 28.0. The Kier molecular flexibility index (Phi) is 9.75. The number of aryl methyl sites for hydroxylation is 2. The third kappa shape index (κ3) is 6.91. The molecule has 0 bridgehead atoms. The fourth-order valence-electron chi connectivity index (χ4n) is 4.40. The normalized spacial score (nSPS) is 16.0. The van der Waals surface area contributed by atoms with Crippen molar-refractivity contribution < 1.29 is 19.4 Å². The van der Waals surface area contributed by atoms with Gasteiger partial charge in [-0.3, -0.25) is 4.79 Å². The summed E-state index contributed by atoms with van der Waals surface area (Å²) in [6.07, 6.45) is 11.0. The van der Waals surface area contributed by atoms with E-state index in [2.05, 4.69) is 24.3 Å². The number of nitrogens with zero attached hydrogens (tertiary/aromatic N) is 1. The molecular formula is C26H35NO4S. The molecule has 0 saturated carbocycles. The number of benzene rings is 1. The summed E-state index contributed by atoms with van der Waals surface area (Å²) in [5.74, 6) is -0.0605. The second-order valence-electron chi connectivity index (χ2n) is 8.51. The number of hydrogen-bond acceptors (Lipinski definition) is 5. The molecule has 1 saturated heterocycles. The van der Waals surface area contributed by atoms with Crippen LogP contribution in [0.3, 0.4) is 0 Å². The van der Waals surface area contributed by atoms with Crippen LogP contribution in [0.2, 0.25) is 0 Å². The van der Waals surface area contributed by atoms with E-state index in [0.717, 1.165) is 57.1 Å². The lowest BCUT2D eigenvalue weighted by molar-refractivity contribution is -0.117. The lowest BCUT2D eigenvalue weighted by Gasteiger charge is -2.25. The number of rotatable bonds is 13. The molecule has 0 radical (unpaired) electrons. The Morgan fingerprint density at radius 3 is 2.53 bits per heavy atom. The predicted octanol–water partition coefficient (Wildman–Crippen LogP) is 5.54. The van der Waals surface area contributed by atoms with E-state index in [1.807, 2.05) is 17.0 Å². The average Bonchev–Trinajstić information content (AvgIpc) is 3.43. The number of carbonyl (C=O) groups excluding carboxylic acids is 2. The molecule has 6 heteroatoms. The molecule has 2 heterocycles. The zero-order valence-electron chi connectivity index (χ0n) is 19.1. The van der Waals surface area contributed by atoms with Gasteiger partial charge in [0.05, 0.1) is 7.11 Å². The summed E-state index contributed by atoms with van der Waals surface area (Å²) in [5, 5.41) is 8.84. The molecule has 2 aromatic rings. The van der Waals surface area contributed by atoms with Crippen molar-refractivity contribution in [2.75, 3.05) is 18.6 Å². The van der Waals surface area contributed by atoms with E-state index >= 15 is 0 Å². The minimum Gasteiger partial charge on any atom is -0.465 e. The Morgan fingerprint density at radius 1 is 1.03 bits per heavy atom. The molecule has 1 aliphatic heterocycles. The first-order chi connectivity index (χ1) is 15.6. The van der Waals surface area contributed by atoms with E-state index in [4.69, 9.17) is 9.84 Å². The van der Waals surface area contributed by atoms with Gasteiger partial charge in [0.25, 0.3) is 0 Å². The first-order valence-electron chi connectivity index (χ1n) is 11.8.